The number of nitrogens with zero attached hydrogens (tertiary/aromatic N) is 1. The van der Waals surface area contributed by atoms with Crippen LogP contribution in [0.25, 0.3) is 0 Å². The number of nitrogens with one attached hydrogen (secondary N) is 1. The van der Waals surface area contributed by atoms with E-state index >= 15 is 0 Å². The molecule has 0 heterocycles. The lowest BCUT2D eigenvalue weighted by Gasteiger charge is -2.14. The van der Waals surface area contributed by atoms with Crippen molar-refractivity contribution in [3.8, 4) is 0 Å². The van der Waals surface area contributed by atoms with E-state index in [0.29, 0.717) is 5.02 Å². The van der Waals surface area contributed by atoms with Crippen LogP contribution in [0.1, 0.15) is 28.9 Å². The van der Waals surface area contributed by atoms with Crippen LogP contribution in [0, 0.1) is 10.1 Å². The maximum atomic E-state index is 12.0. The molecule has 2 aromatic carbocycles. The van der Waals surface area contributed by atoms with E-state index in [9.17, 15) is 19.7 Å². The fraction of sp³-hybridized carbons (Fsp3) is 0.176. The molecule has 2 aromatic rings. The van der Waals surface area contributed by atoms with Gasteiger partial charge in [-0.15, -0.1) is 0 Å². The Morgan fingerprint density at radius 2 is 1.77 bits per heavy atom. The van der Waals surface area contributed by atoms with E-state index in [0.717, 1.165) is 11.6 Å². The molecule has 0 aliphatic heterocycles. The number of nitro benzene ring substituents is 1. The van der Waals surface area contributed by atoms with Crippen LogP contribution >= 0.6 is 23.2 Å². The number of halogens is 2. The van der Waals surface area contributed by atoms with Crippen LogP contribution in [-0.2, 0) is 9.53 Å². The summed E-state index contributed by atoms with van der Waals surface area (Å²) in [5, 5.41) is 14.3. The summed E-state index contributed by atoms with van der Waals surface area (Å²) >= 11 is 11.5. The normalized spacial score (nSPS) is 11.5. The van der Waals surface area contributed by atoms with Crippen molar-refractivity contribution in [1.29, 1.82) is 0 Å². The topological polar surface area (TPSA) is 98.5 Å². The second-order valence-corrected chi connectivity index (χ2v) is 6.21. The van der Waals surface area contributed by atoms with Gasteiger partial charge in [0.05, 0.1) is 11.0 Å². The zero-order valence-electron chi connectivity index (χ0n) is 13.6. The lowest BCUT2D eigenvalue weighted by atomic mass is 10.1. The van der Waals surface area contributed by atoms with Gasteiger partial charge in [0.2, 0.25) is 0 Å². The van der Waals surface area contributed by atoms with Gasteiger partial charge < -0.3 is 10.1 Å². The van der Waals surface area contributed by atoms with E-state index in [1.807, 2.05) is 0 Å². The molecule has 0 radical (unpaired) electrons. The lowest BCUT2D eigenvalue weighted by Crippen LogP contribution is -2.31. The number of ether oxygens (including phenoxy) is 1. The molecule has 0 saturated heterocycles. The molecule has 1 amide bonds. The molecule has 0 fully saturated rings. The Morgan fingerprint density at radius 1 is 1.15 bits per heavy atom. The molecule has 1 atom stereocenters. The van der Waals surface area contributed by atoms with Gasteiger partial charge in [0.25, 0.3) is 11.6 Å². The average molecular weight is 397 g/mol. The minimum atomic E-state index is -0.984. The SMILES string of the molecule is C[C@H](NC(=O)COC(=O)c1ccc(Cl)cc1[N+](=O)[O-])c1ccc(Cl)cc1. The van der Waals surface area contributed by atoms with Gasteiger partial charge in [-0.05, 0) is 36.8 Å². The van der Waals surface area contributed by atoms with Crippen molar-refractivity contribution >= 4 is 40.8 Å². The number of hydrogen-bond acceptors (Lipinski definition) is 5. The Kier molecular flexibility index (Phi) is 6.54. The van der Waals surface area contributed by atoms with Crippen molar-refractivity contribution in [2.75, 3.05) is 6.61 Å². The first-order chi connectivity index (χ1) is 12.3. The largest absolute Gasteiger partial charge is 0.452 e. The number of esters is 1. The maximum absolute atomic E-state index is 12.0. The van der Waals surface area contributed by atoms with Crippen LogP contribution in [0.4, 0.5) is 5.69 Å². The number of benzene rings is 2. The molecule has 0 aromatic heterocycles. The van der Waals surface area contributed by atoms with Crippen molar-refractivity contribution in [3.05, 3.63) is 73.8 Å². The number of carbonyl (C=O) groups excluding carboxylic acids is 2. The summed E-state index contributed by atoms with van der Waals surface area (Å²) in [5.74, 6) is -1.53. The summed E-state index contributed by atoms with van der Waals surface area (Å²) in [7, 11) is 0. The molecule has 1 N–H and O–H groups in total. The van der Waals surface area contributed by atoms with Crippen LogP contribution in [0.3, 0.4) is 0 Å². The fourth-order valence-electron chi connectivity index (χ4n) is 2.16. The van der Waals surface area contributed by atoms with E-state index in [1.165, 1.54) is 12.1 Å². The molecule has 0 unspecified atom stereocenters. The highest BCUT2D eigenvalue weighted by atomic mass is 35.5. The van der Waals surface area contributed by atoms with Crippen molar-refractivity contribution in [1.82, 2.24) is 5.32 Å². The van der Waals surface area contributed by atoms with Gasteiger partial charge in [-0.2, -0.15) is 0 Å². The van der Waals surface area contributed by atoms with Crippen LogP contribution in [0.2, 0.25) is 10.0 Å². The van der Waals surface area contributed by atoms with Crippen molar-refractivity contribution in [2.24, 2.45) is 0 Å². The summed E-state index contributed by atoms with van der Waals surface area (Å²) in [6.07, 6.45) is 0. The Hall–Kier alpha value is -2.64. The van der Waals surface area contributed by atoms with Crippen LogP contribution < -0.4 is 5.32 Å². The second-order valence-electron chi connectivity index (χ2n) is 5.34. The highest BCUT2D eigenvalue weighted by Gasteiger charge is 2.22. The van der Waals surface area contributed by atoms with Gasteiger partial charge in [-0.25, -0.2) is 4.79 Å². The van der Waals surface area contributed by atoms with Gasteiger partial charge in [-0.3, -0.25) is 14.9 Å². The summed E-state index contributed by atoms with van der Waals surface area (Å²) in [6.45, 7) is 1.18. The molecule has 0 bridgehead atoms. The van der Waals surface area contributed by atoms with Gasteiger partial charge in [0.1, 0.15) is 5.56 Å². The number of carbonyl (C=O) groups is 2. The van der Waals surface area contributed by atoms with E-state index < -0.39 is 29.1 Å². The van der Waals surface area contributed by atoms with E-state index in [-0.39, 0.29) is 16.6 Å². The standard InChI is InChI=1S/C17H14Cl2N2O5/c1-10(11-2-4-12(18)5-3-11)20-16(22)9-26-17(23)14-7-6-13(19)8-15(14)21(24)25/h2-8,10H,9H2,1H3,(H,20,22)/t10-/m0/s1. The van der Waals surface area contributed by atoms with E-state index in [2.05, 4.69) is 5.32 Å². The smallest absolute Gasteiger partial charge is 0.345 e. The van der Waals surface area contributed by atoms with Gasteiger partial charge in [0, 0.05) is 16.1 Å². The molecule has 0 saturated carbocycles. The highest BCUT2D eigenvalue weighted by molar-refractivity contribution is 6.31. The van der Waals surface area contributed by atoms with E-state index in [4.69, 9.17) is 27.9 Å². The first-order valence-corrected chi connectivity index (χ1v) is 8.19. The van der Waals surface area contributed by atoms with Crippen LogP contribution in [0.5, 0.6) is 0 Å². The Bertz CT molecular complexity index is 840. The van der Waals surface area contributed by atoms with Crippen LogP contribution in [0.15, 0.2) is 42.5 Å². The average Bonchev–Trinajstić information content (AvgIpc) is 2.60. The monoisotopic (exact) mass is 396 g/mol. The maximum Gasteiger partial charge on any atom is 0.345 e. The summed E-state index contributed by atoms with van der Waals surface area (Å²) in [5.41, 5.74) is 0.0535. The third kappa shape index (κ3) is 5.18. The molecular formula is C17H14Cl2N2O5. The molecule has 7 nitrogen and oxygen atoms in total. The molecule has 136 valence electrons. The lowest BCUT2D eigenvalue weighted by molar-refractivity contribution is -0.385. The Morgan fingerprint density at radius 3 is 2.38 bits per heavy atom. The molecule has 26 heavy (non-hydrogen) atoms. The van der Waals surface area contributed by atoms with Gasteiger partial charge in [-0.1, -0.05) is 35.3 Å². The number of hydrogen-bond donors (Lipinski definition) is 1. The minimum Gasteiger partial charge on any atom is -0.452 e. The number of rotatable bonds is 6. The Balaban J connectivity index is 1.96. The van der Waals surface area contributed by atoms with Gasteiger partial charge >= 0.3 is 5.97 Å². The molecule has 9 heteroatoms. The summed E-state index contributed by atoms with van der Waals surface area (Å²) in [4.78, 5) is 34.2. The second kappa shape index (κ2) is 8.64. The molecule has 0 spiro atoms. The predicted octanol–water partition coefficient (Wildman–Crippen LogP) is 3.94. The minimum absolute atomic E-state index is 0.114. The molecule has 0 aliphatic carbocycles. The quantitative estimate of drug-likeness (QED) is 0.452. The summed E-state index contributed by atoms with van der Waals surface area (Å²) < 4.78 is 4.86. The third-order valence-electron chi connectivity index (χ3n) is 3.46. The fourth-order valence-corrected chi connectivity index (χ4v) is 2.45. The van der Waals surface area contributed by atoms with Crippen LogP contribution in [-0.4, -0.2) is 23.4 Å². The zero-order valence-corrected chi connectivity index (χ0v) is 15.1. The molecular weight excluding hydrogens is 383 g/mol. The predicted molar refractivity (Wildman–Crippen MR) is 96.4 cm³/mol. The van der Waals surface area contributed by atoms with Crippen molar-refractivity contribution in [3.63, 3.8) is 0 Å². The number of nitro groups is 1. The first-order valence-electron chi connectivity index (χ1n) is 7.44. The van der Waals surface area contributed by atoms with E-state index in [1.54, 1.807) is 31.2 Å². The number of amides is 1. The zero-order chi connectivity index (χ0) is 19.3. The molecule has 2 rings (SSSR count). The third-order valence-corrected chi connectivity index (χ3v) is 3.95. The Labute approximate surface area is 159 Å². The van der Waals surface area contributed by atoms with Gasteiger partial charge in [0.15, 0.2) is 6.61 Å². The first kappa shape index (κ1) is 19.7. The summed E-state index contributed by atoms with van der Waals surface area (Å²) in [6, 6.07) is 10.1. The molecule has 0 aliphatic rings. The van der Waals surface area contributed by atoms with Crippen molar-refractivity contribution in [2.45, 2.75) is 13.0 Å². The highest BCUT2D eigenvalue weighted by Crippen LogP contribution is 2.24. The van der Waals surface area contributed by atoms with Crippen molar-refractivity contribution < 1.29 is 19.2 Å².